The molecule has 0 spiro atoms. The predicted molar refractivity (Wildman–Crippen MR) is 61.0 cm³/mol. The van der Waals surface area contributed by atoms with Gasteiger partial charge >= 0.3 is 5.97 Å². The van der Waals surface area contributed by atoms with Gasteiger partial charge < -0.3 is 10.4 Å². The largest absolute Gasteiger partial charge is 0.481 e. The minimum absolute atomic E-state index is 0.0396. The summed E-state index contributed by atoms with van der Waals surface area (Å²) in [7, 11) is 0. The molecule has 0 aromatic heterocycles. The highest BCUT2D eigenvalue weighted by Gasteiger charge is 2.34. The van der Waals surface area contributed by atoms with Gasteiger partial charge in [0.2, 0.25) is 5.91 Å². The molecule has 1 aliphatic rings. The Balaban J connectivity index is 2.50. The van der Waals surface area contributed by atoms with Gasteiger partial charge in [0.25, 0.3) is 0 Å². The number of carbonyl (C=O) groups is 2. The molecule has 0 aliphatic heterocycles. The molecule has 1 rings (SSSR count). The van der Waals surface area contributed by atoms with E-state index in [0.717, 1.165) is 25.7 Å². The minimum Gasteiger partial charge on any atom is -0.481 e. The third kappa shape index (κ3) is 3.22. The van der Waals surface area contributed by atoms with Crippen LogP contribution in [0.4, 0.5) is 0 Å². The zero-order valence-corrected chi connectivity index (χ0v) is 10.3. The van der Waals surface area contributed by atoms with Crippen LogP contribution >= 0.6 is 0 Å². The van der Waals surface area contributed by atoms with Crippen LogP contribution in [0.15, 0.2) is 0 Å². The average molecular weight is 227 g/mol. The number of hydrogen-bond acceptors (Lipinski definition) is 2. The normalized spacial score (nSPS) is 19.4. The summed E-state index contributed by atoms with van der Waals surface area (Å²) >= 11 is 0. The molecule has 0 bridgehead atoms. The Hall–Kier alpha value is -1.06. The van der Waals surface area contributed by atoms with Crippen molar-refractivity contribution in [1.29, 1.82) is 0 Å². The highest BCUT2D eigenvalue weighted by molar-refractivity contribution is 5.84. The smallest absolute Gasteiger partial charge is 0.309 e. The van der Waals surface area contributed by atoms with Crippen molar-refractivity contribution in [2.45, 2.75) is 58.4 Å². The van der Waals surface area contributed by atoms with E-state index in [9.17, 15) is 9.59 Å². The summed E-state index contributed by atoms with van der Waals surface area (Å²) in [5, 5.41) is 11.9. The Labute approximate surface area is 96.4 Å². The number of nitrogens with one attached hydrogen (secondary N) is 1. The number of carboxylic acids is 1. The number of amides is 1. The molecule has 0 aromatic rings. The van der Waals surface area contributed by atoms with Gasteiger partial charge in [-0.3, -0.25) is 9.59 Å². The van der Waals surface area contributed by atoms with Gasteiger partial charge in [-0.15, -0.1) is 0 Å². The van der Waals surface area contributed by atoms with Gasteiger partial charge in [0, 0.05) is 12.0 Å². The SMILES string of the molecule is CC1(NC(=O)CC(C)(C)C(=O)O)CCCC1. The first-order valence-electron chi connectivity index (χ1n) is 5.80. The molecule has 0 saturated heterocycles. The van der Waals surface area contributed by atoms with Crippen molar-refractivity contribution in [2.75, 3.05) is 0 Å². The Morgan fingerprint density at radius 1 is 1.31 bits per heavy atom. The lowest BCUT2D eigenvalue weighted by Crippen LogP contribution is -2.45. The van der Waals surface area contributed by atoms with Crippen LogP contribution in [0.2, 0.25) is 0 Å². The molecule has 2 N–H and O–H groups in total. The van der Waals surface area contributed by atoms with E-state index in [1.165, 1.54) is 0 Å². The fourth-order valence-electron chi connectivity index (χ4n) is 2.14. The van der Waals surface area contributed by atoms with E-state index < -0.39 is 11.4 Å². The van der Waals surface area contributed by atoms with Crippen molar-refractivity contribution in [3.8, 4) is 0 Å². The topological polar surface area (TPSA) is 66.4 Å². The van der Waals surface area contributed by atoms with Crippen molar-refractivity contribution < 1.29 is 14.7 Å². The van der Waals surface area contributed by atoms with Crippen LogP contribution in [0.1, 0.15) is 52.9 Å². The van der Waals surface area contributed by atoms with Crippen LogP contribution in [0.5, 0.6) is 0 Å². The van der Waals surface area contributed by atoms with E-state index in [-0.39, 0.29) is 17.9 Å². The molecule has 1 fully saturated rings. The molecule has 0 atom stereocenters. The number of rotatable bonds is 4. The molecule has 4 nitrogen and oxygen atoms in total. The third-order valence-electron chi connectivity index (χ3n) is 3.33. The lowest BCUT2D eigenvalue weighted by atomic mass is 9.88. The van der Waals surface area contributed by atoms with Gasteiger partial charge in [-0.1, -0.05) is 12.8 Å². The second-order valence-corrected chi connectivity index (χ2v) is 5.68. The summed E-state index contributed by atoms with van der Waals surface area (Å²) < 4.78 is 0. The van der Waals surface area contributed by atoms with Crippen LogP contribution in [0.3, 0.4) is 0 Å². The summed E-state index contributed by atoms with van der Waals surface area (Å²) in [5.74, 6) is -1.09. The summed E-state index contributed by atoms with van der Waals surface area (Å²) in [4.78, 5) is 22.6. The Kier molecular flexibility index (Phi) is 3.61. The zero-order chi connectivity index (χ0) is 12.4. The van der Waals surface area contributed by atoms with Crippen LogP contribution in [-0.4, -0.2) is 22.5 Å². The highest BCUT2D eigenvalue weighted by atomic mass is 16.4. The molecule has 92 valence electrons. The lowest BCUT2D eigenvalue weighted by Gasteiger charge is -2.27. The lowest BCUT2D eigenvalue weighted by molar-refractivity contribution is -0.149. The fourth-order valence-corrected chi connectivity index (χ4v) is 2.14. The molecule has 0 unspecified atom stereocenters. The first kappa shape index (κ1) is 13.0. The molecular weight excluding hydrogens is 206 g/mol. The van der Waals surface area contributed by atoms with Gasteiger partial charge in [0.1, 0.15) is 0 Å². The first-order chi connectivity index (χ1) is 7.25. The number of aliphatic carboxylic acids is 1. The van der Waals surface area contributed by atoms with E-state index >= 15 is 0 Å². The van der Waals surface area contributed by atoms with Crippen LogP contribution < -0.4 is 5.32 Å². The summed E-state index contributed by atoms with van der Waals surface area (Å²) in [6.07, 6.45) is 4.30. The predicted octanol–water partition coefficient (Wildman–Crippen LogP) is 1.94. The number of hydrogen-bond donors (Lipinski definition) is 2. The molecular formula is C12H21NO3. The first-order valence-corrected chi connectivity index (χ1v) is 5.80. The van der Waals surface area contributed by atoms with Crippen LogP contribution in [0.25, 0.3) is 0 Å². The second-order valence-electron chi connectivity index (χ2n) is 5.68. The number of carboxylic acid groups (broad SMARTS) is 1. The van der Waals surface area contributed by atoms with E-state index in [0.29, 0.717) is 0 Å². The summed E-state index contributed by atoms with van der Waals surface area (Å²) in [6, 6.07) is 0. The number of carbonyl (C=O) groups excluding carboxylic acids is 1. The maximum atomic E-state index is 11.7. The van der Waals surface area contributed by atoms with Crippen molar-refractivity contribution in [2.24, 2.45) is 5.41 Å². The molecule has 1 saturated carbocycles. The van der Waals surface area contributed by atoms with Crippen LogP contribution in [0, 0.1) is 5.41 Å². The highest BCUT2D eigenvalue weighted by Crippen LogP contribution is 2.29. The van der Waals surface area contributed by atoms with E-state index in [1.54, 1.807) is 13.8 Å². The second kappa shape index (κ2) is 4.44. The molecule has 16 heavy (non-hydrogen) atoms. The molecule has 4 heteroatoms. The van der Waals surface area contributed by atoms with Crippen molar-refractivity contribution >= 4 is 11.9 Å². The van der Waals surface area contributed by atoms with E-state index in [4.69, 9.17) is 5.11 Å². The fraction of sp³-hybridized carbons (Fsp3) is 0.833. The van der Waals surface area contributed by atoms with Crippen LogP contribution in [-0.2, 0) is 9.59 Å². The van der Waals surface area contributed by atoms with Crippen molar-refractivity contribution in [3.05, 3.63) is 0 Å². The summed E-state index contributed by atoms with van der Waals surface area (Å²) in [5.41, 5.74) is -1.11. The van der Waals surface area contributed by atoms with Gasteiger partial charge in [-0.05, 0) is 33.6 Å². The standard InChI is InChI=1S/C12H21NO3/c1-11(2,10(15)16)8-9(14)13-12(3)6-4-5-7-12/h4-8H2,1-3H3,(H,13,14)(H,15,16). The molecule has 1 aliphatic carbocycles. The Morgan fingerprint density at radius 2 is 1.81 bits per heavy atom. The maximum absolute atomic E-state index is 11.7. The van der Waals surface area contributed by atoms with Gasteiger partial charge in [-0.2, -0.15) is 0 Å². The van der Waals surface area contributed by atoms with E-state index in [2.05, 4.69) is 5.32 Å². The Bertz CT molecular complexity index is 291. The van der Waals surface area contributed by atoms with Gasteiger partial charge in [-0.25, -0.2) is 0 Å². The molecule has 0 aromatic carbocycles. The molecule has 0 heterocycles. The molecule has 1 amide bonds. The summed E-state index contributed by atoms with van der Waals surface area (Å²) in [6.45, 7) is 5.18. The Morgan fingerprint density at radius 3 is 2.25 bits per heavy atom. The monoisotopic (exact) mass is 227 g/mol. The average Bonchev–Trinajstić information content (AvgIpc) is 2.49. The van der Waals surface area contributed by atoms with Crippen molar-refractivity contribution in [3.63, 3.8) is 0 Å². The van der Waals surface area contributed by atoms with Crippen molar-refractivity contribution in [1.82, 2.24) is 5.32 Å². The quantitative estimate of drug-likeness (QED) is 0.771. The van der Waals surface area contributed by atoms with Gasteiger partial charge in [0.15, 0.2) is 0 Å². The minimum atomic E-state index is -0.987. The molecule has 0 radical (unpaired) electrons. The van der Waals surface area contributed by atoms with Gasteiger partial charge in [0.05, 0.1) is 5.41 Å². The zero-order valence-electron chi connectivity index (χ0n) is 10.3. The third-order valence-corrected chi connectivity index (χ3v) is 3.33. The maximum Gasteiger partial charge on any atom is 0.309 e. The van der Waals surface area contributed by atoms with E-state index in [1.807, 2.05) is 6.92 Å².